The quantitative estimate of drug-likeness (QED) is 0.632. The third kappa shape index (κ3) is 7.62. The van der Waals surface area contributed by atoms with Crippen LogP contribution in [0.2, 0.25) is 0 Å². The minimum Gasteiger partial charge on any atom is -0.467 e. The second kappa shape index (κ2) is 8.90. The topological polar surface area (TPSA) is 90.9 Å². The second-order valence-corrected chi connectivity index (χ2v) is 6.07. The third-order valence-electron chi connectivity index (χ3n) is 2.78. The Balaban J connectivity index is 2.57. The number of alkyl carbamates (subject to hydrolysis) is 1. The molecule has 0 bridgehead atoms. The summed E-state index contributed by atoms with van der Waals surface area (Å²) >= 11 is 0. The van der Waals surface area contributed by atoms with Crippen LogP contribution in [0.4, 0.5) is 4.79 Å². The van der Waals surface area contributed by atoms with Crippen molar-refractivity contribution in [2.45, 2.75) is 45.4 Å². The smallest absolute Gasteiger partial charge is 0.408 e. The van der Waals surface area contributed by atoms with Gasteiger partial charge >= 0.3 is 18.0 Å². The highest BCUT2D eigenvalue weighted by Gasteiger charge is 2.28. The molecule has 0 saturated heterocycles. The summed E-state index contributed by atoms with van der Waals surface area (Å²) in [5, 5.41) is 2.32. The number of ether oxygens (including phenoxy) is 3. The Morgan fingerprint density at radius 2 is 1.75 bits per heavy atom. The highest BCUT2D eigenvalue weighted by atomic mass is 16.6. The van der Waals surface area contributed by atoms with E-state index in [4.69, 9.17) is 9.47 Å². The van der Waals surface area contributed by atoms with Crippen LogP contribution in [0.15, 0.2) is 30.3 Å². The number of carbonyl (C=O) groups excluding carboxylic acids is 3. The summed E-state index contributed by atoms with van der Waals surface area (Å²) in [5.41, 5.74) is 0.111. The van der Waals surface area contributed by atoms with Crippen LogP contribution in [-0.4, -0.2) is 36.8 Å². The van der Waals surface area contributed by atoms with E-state index in [0.29, 0.717) is 0 Å². The van der Waals surface area contributed by atoms with E-state index in [2.05, 4.69) is 10.1 Å². The molecule has 0 heterocycles. The van der Waals surface area contributed by atoms with Gasteiger partial charge in [-0.2, -0.15) is 0 Å². The van der Waals surface area contributed by atoms with E-state index >= 15 is 0 Å². The summed E-state index contributed by atoms with van der Waals surface area (Å²) in [6.45, 7) is 5.17. The molecule has 0 saturated carbocycles. The van der Waals surface area contributed by atoms with Crippen LogP contribution >= 0.6 is 0 Å². The Morgan fingerprint density at radius 1 is 1.12 bits per heavy atom. The molecule has 1 atom stereocenters. The molecule has 0 fully saturated rings. The van der Waals surface area contributed by atoms with Gasteiger partial charge in [0.05, 0.1) is 13.5 Å². The number of carbonyl (C=O) groups is 3. The summed E-state index contributed by atoms with van der Waals surface area (Å²) in [6.07, 6.45) is -1.16. The zero-order valence-electron chi connectivity index (χ0n) is 14.3. The molecule has 0 aromatic heterocycles. The van der Waals surface area contributed by atoms with Gasteiger partial charge in [-0.15, -0.1) is 0 Å². The van der Waals surface area contributed by atoms with Crippen molar-refractivity contribution in [2.75, 3.05) is 7.11 Å². The van der Waals surface area contributed by atoms with Gasteiger partial charge in [0.15, 0.2) is 0 Å². The van der Waals surface area contributed by atoms with Crippen LogP contribution in [0.1, 0.15) is 32.8 Å². The highest BCUT2D eigenvalue weighted by Crippen LogP contribution is 2.10. The normalized spacial score (nSPS) is 12.0. The van der Waals surface area contributed by atoms with Gasteiger partial charge in [0, 0.05) is 0 Å². The van der Waals surface area contributed by atoms with Gasteiger partial charge in [0.25, 0.3) is 0 Å². The number of esters is 2. The molecule has 7 heteroatoms. The van der Waals surface area contributed by atoms with Crippen LogP contribution in [-0.2, 0) is 30.4 Å². The zero-order chi connectivity index (χ0) is 18.2. The lowest BCUT2D eigenvalue weighted by Crippen LogP contribution is -2.44. The van der Waals surface area contributed by atoms with Crippen molar-refractivity contribution < 1.29 is 28.6 Å². The summed E-state index contributed by atoms with van der Waals surface area (Å²) in [5.74, 6) is -1.38. The van der Waals surface area contributed by atoms with Gasteiger partial charge in [-0.05, 0) is 26.3 Å². The Labute approximate surface area is 141 Å². The van der Waals surface area contributed by atoms with E-state index < -0.39 is 29.7 Å². The standard InChI is InChI=1S/C17H23NO6/c1-17(2,3)24-14(19)10-13(15(20)22-4)18-16(21)23-11-12-8-6-5-7-9-12/h5-9,13H,10-11H2,1-4H3,(H,18,21). The number of rotatable bonds is 6. The van der Waals surface area contributed by atoms with E-state index in [1.165, 1.54) is 7.11 Å². The van der Waals surface area contributed by atoms with Crippen molar-refractivity contribution in [3.05, 3.63) is 35.9 Å². The molecule has 0 spiro atoms. The van der Waals surface area contributed by atoms with Gasteiger partial charge in [-0.25, -0.2) is 9.59 Å². The third-order valence-corrected chi connectivity index (χ3v) is 2.78. The molecule has 1 N–H and O–H groups in total. The van der Waals surface area contributed by atoms with Crippen LogP contribution in [0.3, 0.4) is 0 Å². The lowest BCUT2D eigenvalue weighted by atomic mass is 10.1. The maximum absolute atomic E-state index is 11.8. The van der Waals surface area contributed by atoms with Gasteiger partial charge in [-0.3, -0.25) is 4.79 Å². The first-order chi connectivity index (χ1) is 11.2. The fourth-order valence-electron chi connectivity index (χ4n) is 1.79. The average molecular weight is 337 g/mol. The van der Waals surface area contributed by atoms with Crippen molar-refractivity contribution in [2.24, 2.45) is 0 Å². The molecule has 24 heavy (non-hydrogen) atoms. The Morgan fingerprint density at radius 3 is 2.29 bits per heavy atom. The maximum Gasteiger partial charge on any atom is 0.408 e. The zero-order valence-corrected chi connectivity index (χ0v) is 14.3. The van der Waals surface area contributed by atoms with E-state index in [1.54, 1.807) is 32.9 Å². The SMILES string of the molecule is COC(=O)C(CC(=O)OC(C)(C)C)NC(=O)OCc1ccccc1. The molecule has 1 rings (SSSR count). The molecule has 7 nitrogen and oxygen atoms in total. The van der Waals surface area contributed by atoms with Gasteiger partial charge in [-0.1, -0.05) is 30.3 Å². The Hall–Kier alpha value is -2.57. The lowest BCUT2D eigenvalue weighted by Gasteiger charge is -2.21. The van der Waals surface area contributed by atoms with Crippen molar-refractivity contribution in [3.8, 4) is 0 Å². The van der Waals surface area contributed by atoms with E-state index in [-0.39, 0.29) is 13.0 Å². The van der Waals surface area contributed by atoms with Crippen molar-refractivity contribution >= 4 is 18.0 Å². The van der Waals surface area contributed by atoms with E-state index in [9.17, 15) is 14.4 Å². The van der Waals surface area contributed by atoms with Crippen LogP contribution in [0.25, 0.3) is 0 Å². The van der Waals surface area contributed by atoms with Crippen molar-refractivity contribution in [1.29, 1.82) is 0 Å². The molecule has 0 aliphatic rings. The average Bonchev–Trinajstić information content (AvgIpc) is 2.50. The number of nitrogens with one attached hydrogen (secondary N) is 1. The molecule has 1 unspecified atom stereocenters. The van der Waals surface area contributed by atoms with Gasteiger partial charge in [0.2, 0.25) is 0 Å². The first-order valence-corrected chi connectivity index (χ1v) is 7.48. The number of hydrogen-bond donors (Lipinski definition) is 1. The van der Waals surface area contributed by atoms with Crippen molar-refractivity contribution in [3.63, 3.8) is 0 Å². The number of amides is 1. The first-order valence-electron chi connectivity index (χ1n) is 7.48. The summed E-state index contributed by atoms with van der Waals surface area (Å²) in [7, 11) is 1.17. The van der Waals surface area contributed by atoms with Crippen LogP contribution in [0, 0.1) is 0 Å². The number of benzene rings is 1. The van der Waals surface area contributed by atoms with E-state index in [1.807, 2.05) is 18.2 Å². The number of hydrogen-bond acceptors (Lipinski definition) is 6. The molecular weight excluding hydrogens is 314 g/mol. The van der Waals surface area contributed by atoms with Crippen molar-refractivity contribution in [1.82, 2.24) is 5.32 Å². The maximum atomic E-state index is 11.8. The van der Waals surface area contributed by atoms with Gasteiger partial charge in [0.1, 0.15) is 18.2 Å². The molecule has 0 aliphatic carbocycles. The van der Waals surface area contributed by atoms with E-state index in [0.717, 1.165) is 5.56 Å². The summed E-state index contributed by atoms with van der Waals surface area (Å²) in [6, 6.07) is 7.90. The minimum absolute atomic E-state index is 0.0486. The molecule has 132 valence electrons. The second-order valence-electron chi connectivity index (χ2n) is 6.07. The Kier molecular flexibility index (Phi) is 7.23. The lowest BCUT2D eigenvalue weighted by molar-refractivity contribution is -0.158. The predicted molar refractivity (Wildman–Crippen MR) is 86.0 cm³/mol. The highest BCUT2D eigenvalue weighted by molar-refractivity contribution is 5.86. The Bertz CT molecular complexity index is 564. The largest absolute Gasteiger partial charge is 0.467 e. The molecule has 1 amide bonds. The fraction of sp³-hybridized carbons (Fsp3) is 0.471. The molecule has 1 aromatic carbocycles. The van der Waals surface area contributed by atoms with Crippen LogP contribution < -0.4 is 5.32 Å². The molecule has 0 radical (unpaired) electrons. The van der Waals surface area contributed by atoms with Gasteiger partial charge < -0.3 is 19.5 Å². The van der Waals surface area contributed by atoms with Crippen LogP contribution in [0.5, 0.6) is 0 Å². The monoisotopic (exact) mass is 337 g/mol. The molecule has 1 aromatic rings. The predicted octanol–water partition coefficient (Wildman–Crippen LogP) is 2.19. The summed E-state index contributed by atoms with van der Waals surface area (Å²) in [4.78, 5) is 35.4. The summed E-state index contributed by atoms with van der Waals surface area (Å²) < 4.78 is 14.8. The molecule has 0 aliphatic heterocycles. The fourth-order valence-corrected chi connectivity index (χ4v) is 1.79. The molecular formula is C17H23NO6. The first kappa shape index (κ1) is 19.5. The number of methoxy groups -OCH3 is 1. The minimum atomic E-state index is -1.17.